The van der Waals surface area contributed by atoms with Gasteiger partial charge in [0, 0.05) is 44.7 Å². The minimum Gasteiger partial charge on any atom is -0.471 e. The van der Waals surface area contributed by atoms with E-state index in [1.165, 1.54) is 193 Å². The summed E-state index contributed by atoms with van der Waals surface area (Å²) in [5, 5.41) is 3.50. The number of rotatable bonds is 53. The Hall–Kier alpha value is -2.33. The number of benzene rings is 1. The molecule has 0 unspecified atom stereocenters. The van der Waals surface area contributed by atoms with Gasteiger partial charge in [-0.25, -0.2) is 4.98 Å². The summed E-state index contributed by atoms with van der Waals surface area (Å²) >= 11 is 0. The average Bonchev–Trinajstić information content (AvgIpc) is 3.80. The van der Waals surface area contributed by atoms with E-state index in [2.05, 4.69) is 34.1 Å². The molecule has 0 spiro atoms. The molecule has 0 atom stereocenters. The van der Waals surface area contributed by atoms with Crippen LogP contribution in [0.4, 0.5) is 0 Å². The monoisotopic (exact) mass is 997 g/mol. The molecule has 0 aliphatic carbocycles. The summed E-state index contributed by atoms with van der Waals surface area (Å²) in [6, 6.07) is 10.1. The highest BCUT2D eigenvalue weighted by molar-refractivity contribution is 7.53. The number of ether oxygens (including phenoxy) is 3. The minimum absolute atomic E-state index is 0.355. The summed E-state index contributed by atoms with van der Waals surface area (Å²) in [6.07, 6.45) is 49.6. The number of aromatic nitrogens is 3. The number of nitrogens with zero attached hydrogens (tertiary/aromatic N) is 2. The van der Waals surface area contributed by atoms with Crippen LogP contribution in [0.5, 0.6) is 5.88 Å². The number of hydrogen-bond acceptors (Lipinski definition) is 9. The van der Waals surface area contributed by atoms with Crippen LogP contribution in [0.15, 0.2) is 42.9 Å². The van der Waals surface area contributed by atoms with Crippen LogP contribution in [-0.2, 0) is 36.2 Å². The van der Waals surface area contributed by atoms with E-state index >= 15 is 0 Å². The van der Waals surface area contributed by atoms with E-state index in [1.54, 1.807) is 6.33 Å². The zero-order chi connectivity index (χ0) is 49.5. The van der Waals surface area contributed by atoms with Crippen LogP contribution in [0.25, 0.3) is 11.0 Å². The molecule has 0 fully saturated rings. The lowest BCUT2D eigenvalue weighted by molar-refractivity contribution is 0.102. The van der Waals surface area contributed by atoms with Crippen molar-refractivity contribution in [1.82, 2.24) is 20.3 Å². The number of hydrogen-bond donors (Lipinski definition) is 2. The number of aromatic amines is 1. The number of fused-ring (bicyclic) bond motifs is 1. The molecule has 0 saturated heterocycles. The van der Waals surface area contributed by atoms with E-state index in [9.17, 15) is 4.57 Å². The lowest BCUT2D eigenvalue weighted by Crippen LogP contribution is -2.16. The van der Waals surface area contributed by atoms with Gasteiger partial charge in [-0.2, -0.15) is 4.98 Å². The van der Waals surface area contributed by atoms with Crippen molar-refractivity contribution >= 4 is 18.6 Å². The van der Waals surface area contributed by atoms with E-state index in [-0.39, 0.29) is 0 Å². The molecule has 3 aromatic rings. The second-order valence-corrected chi connectivity index (χ2v) is 22.2. The fourth-order valence-corrected chi connectivity index (χ4v) is 10.9. The maximum Gasteiger partial charge on any atom is 0.330 e. The molecule has 0 bridgehead atoms. The van der Waals surface area contributed by atoms with Crippen molar-refractivity contribution in [2.45, 2.75) is 252 Å². The SMILES string of the molecule is CCCCCCCCCCCCCCCCCCOCCCOP(=O)(CCCNCc1c[nH]c2c(OCc3ccccc3)ncnc12)OCCCOCCCCCCCCCCCCCCCCCC. The van der Waals surface area contributed by atoms with Crippen molar-refractivity contribution in [2.75, 3.05) is 52.3 Å². The second kappa shape index (κ2) is 45.3. The van der Waals surface area contributed by atoms with Crippen LogP contribution in [0.2, 0.25) is 0 Å². The Bertz CT molecular complexity index is 1580. The fraction of sp³-hybridized carbons (Fsp3) is 0.797. The quantitative estimate of drug-likeness (QED) is 0.0421. The molecule has 3 rings (SSSR count). The average molecular weight is 997 g/mol. The fourth-order valence-electron chi connectivity index (χ4n) is 9.17. The molecule has 10 nitrogen and oxygen atoms in total. The highest BCUT2D eigenvalue weighted by Gasteiger charge is 2.24. The van der Waals surface area contributed by atoms with Crippen molar-refractivity contribution in [1.29, 1.82) is 0 Å². The first-order valence-electron chi connectivity index (χ1n) is 29.4. The summed E-state index contributed by atoms with van der Waals surface area (Å²) in [4.78, 5) is 12.2. The Morgan fingerprint density at radius 3 is 1.39 bits per heavy atom. The topological polar surface area (TPSA) is 117 Å². The van der Waals surface area contributed by atoms with Gasteiger partial charge in [0.25, 0.3) is 0 Å². The Kier molecular flexibility index (Phi) is 40.1. The van der Waals surface area contributed by atoms with Gasteiger partial charge < -0.3 is 33.6 Å². The van der Waals surface area contributed by atoms with Gasteiger partial charge in [0.2, 0.25) is 5.88 Å². The lowest BCUT2D eigenvalue weighted by atomic mass is 10.0. The Labute approximate surface area is 429 Å². The summed E-state index contributed by atoms with van der Waals surface area (Å²) in [7, 11) is -3.28. The molecular formula is C59H105N4O6P. The number of unbranched alkanes of at least 4 members (excludes halogenated alkanes) is 30. The minimum atomic E-state index is -3.28. The first kappa shape index (κ1) is 62.0. The third kappa shape index (κ3) is 33.4. The summed E-state index contributed by atoms with van der Waals surface area (Å²) in [6.45, 7) is 9.80. The zero-order valence-corrected chi connectivity index (χ0v) is 46.0. The van der Waals surface area contributed by atoms with Gasteiger partial charge in [0.15, 0.2) is 0 Å². The molecule has 2 aromatic heterocycles. The normalized spacial score (nSPS) is 11.9. The van der Waals surface area contributed by atoms with Gasteiger partial charge in [-0.15, -0.1) is 0 Å². The highest BCUT2D eigenvalue weighted by atomic mass is 31.2. The summed E-state index contributed by atoms with van der Waals surface area (Å²) in [5.74, 6) is 0.534. The first-order valence-corrected chi connectivity index (χ1v) is 31.1. The van der Waals surface area contributed by atoms with E-state index in [1.807, 2.05) is 36.5 Å². The highest BCUT2D eigenvalue weighted by Crippen LogP contribution is 2.49. The zero-order valence-electron chi connectivity index (χ0n) is 45.2. The third-order valence-corrected chi connectivity index (χ3v) is 15.6. The maximum atomic E-state index is 14.0. The van der Waals surface area contributed by atoms with Gasteiger partial charge >= 0.3 is 7.60 Å². The van der Waals surface area contributed by atoms with Gasteiger partial charge in [-0.1, -0.05) is 237 Å². The molecule has 70 heavy (non-hydrogen) atoms. The third-order valence-electron chi connectivity index (χ3n) is 13.6. The van der Waals surface area contributed by atoms with Crippen LogP contribution in [0, 0.1) is 0 Å². The van der Waals surface area contributed by atoms with Crippen LogP contribution in [-0.4, -0.2) is 67.3 Å². The predicted octanol–water partition coefficient (Wildman–Crippen LogP) is 17.6. The van der Waals surface area contributed by atoms with E-state index in [0.717, 1.165) is 48.2 Å². The van der Waals surface area contributed by atoms with Crippen LogP contribution < -0.4 is 10.1 Å². The van der Waals surface area contributed by atoms with Gasteiger partial charge in [0.1, 0.15) is 18.5 Å². The van der Waals surface area contributed by atoms with Crippen LogP contribution >= 0.6 is 7.60 Å². The Morgan fingerprint density at radius 1 is 0.500 bits per heavy atom. The molecule has 0 saturated carbocycles. The molecule has 0 radical (unpaired) electrons. The first-order chi connectivity index (χ1) is 34.6. The van der Waals surface area contributed by atoms with Crippen molar-refractivity contribution in [3.8, 4) is 5.88 Å². The van der Waals surface area contributed by atoms with Gasteiger partial charge in [-0.3, -0.25) is 4.57 Å². The van der Waals surface area contributed by atoms with Gasteiger partial charge in [0.05, 0.1) is 24.9 Å². The maximum absolute atomic E-state index is 14.0. The molecule has 0 amide bonds. The molecule has 402 valence electrons. The van der Waals surface area contributed by atoms with Crippen molar-refractivity contribution < 1.29 is 27.8 Å². The van der Waals surface area contributed by atoms with Crippen molar-refractivity contribution in [2.24, 2.45) is 0 Å². The van der Waals surface area contributed by atoms with Crippen LogP contribution in [0.3, 0.4) is 0 Å². The number of H-pyrrole nitrogens is 1. The molecule has 0 aliphatic rings. The molecule has 11 heteroatoms. The largest absolute Gasteiger partial charge is 0.471 e. The van der Waals surface area contributed by atoms with Crippen LogP contribution in [0.1, 0.15) is 250 Å². The van der Waals surface area contributed by atoms with E-state index in [0.29, 0.717) is 77.4 Å². The smallest absolute Gasteiger partial charge is 0.330 e. The lowest BCUT2D eigenvalue weighted by Gasteiger charge is -2.19. The number of nitrogens with one attached hydrogen (secondary N) is 2. The van der Waals surface area contributed by atoms with E-state index in [4.69, 9.17) is 23.3 Å². The van der Waals surface area contributed by atoms with Crippen molar-refractivity contribution in [3.05, 3.63) is 54.0 Å². The summed E-state index contributed by atoms with van der Waals surface area (Å²) in [5.41, 5.74) is 3.72. The molecule has 0 aliphatic heterocycles. The molecule has 2 heterocycles. The van der Waals surface area contributed by atoms with E-state index < -0.39 is 7.60 Å². The summed E-state index contributed by atoms with van der Waals surface area (Å²) < 4.78 is 44.0. The molecular weight excluding hydrogens is 892 g/mol. The Balaban J connectivity index is 1.24. The molecule has 2 N–H and O–H groups in total. The van der Waals surface area contributed by atoms with Crippen molar-refractivity contribution in [3.63, 3.8) is 0 Å². The van der Waals surface area contributed by atoms with Gasteiger partial charge in [-0.05, 0) is 44.2 Å². The Morgan fingerprint density at radius 2 is 0.929 bits per heavy atom. The predicted molar refractivity (Wildman–Crippen MR) is 295 cm³/mol. The second-order valence-electron chi connectivity index (χ2n) is 20.1. The standard InChI is InChI=1S/C59H105N4O6P/c1-3-5-7-9-11-13-15-17-19-21-23-25-27-29-31-36-44-65-46-39-48-68-70(64,69-49-40-47-66-45-37-32-30-28-26-24-22-20-18-16-14-12-10-8-6-4-2)50-38-43-60-51-56-52-61-58-57(56)62-54-63-59(58)67-53-55-41-34-33-35-42-55/h33-35,41-42,52,54,60-61H,3-32,36-40,43-51,53H2,1-2H3. The molecule has 1 aromatic carbocycles.